The van der Waals surface area contributed by atoms with Crippen molar-refractivity contribution in [3.8, 4) is 0 Å². The van der Waals surface area contributed by atoms with Gasteiger partial charge in [0.1, 0.15) is 0 Å². The monoisotopic (exact) mass is 176 g/mol. The van der Waals surface area contributed by atoms with Crippen LogP contribution in [0.25, 0.3) is 0 Å². The third kappa shape index (κ3) is 24.1. The normalized spacial score (nSPS) is 9.90. The Bertz CT molecular complexity index is 110. The van der Waals surface area contributed by atoms with E-state index in [0.717, 1.165) is 16.2 Å². The van der Waals surface area contributed by atoms with Crippen LogP contribution in [0, 0.1) is 0 Å². The van der Waals surface area contributed by atoms with Crippen LogP contribution in [0.3, 0.4) is 0 Å². The fourth-order valence-corrected chi connectivity index (χ4v) is 0. The van der Waals surface area contributed by atoms with Crippen LogP contribution in [0.2, 0.25) is 0 Å². The summed E-state index contributed by atoms with van der Waals surface area (Å²) in [4.78, 5) is 2.16. The van der Waals surface area contributed by atoms with Crippen LogP contribution < -0.4 is 0 Å². The molecule has 0 aliphatic rings. The molecule has 0 heterocycles. The van der Waals surface area contributed by atoms with Crippen molar-refractivity contribution < 1.29 is 0 Å². The lowest BCUT2D eigenvalue weighted by Crippen LogP contribution is -1.75. The highest BCUT2D eigenvalue weighted by molar-refractivity contribution is 7.84. The third-order valence-electron chi connectivity index (χ3n) is 0.916. The maximum atomic E-state index is 4.70. The van der Waals surface area contributed by atoms with Crippen molar-refractivity contribution in [1.29, 1.82) is 0 Å². The highest BCUT2D eigenvalue weighted by Gasteiger charge is 1.71. The molecule has 0 fully saturated rings. The van der Waals surface area contributed by atoms with Gasteiger partial charge < -0.3 is 0 Å². The fraction of sp³-hybridized carbons (Fsp3) is 0.625. The summed E-state index contributed by atoms with van der Waals surface area (Å²) in [6.45, 7) is 7.92. The molecule has 0 rings (SSSR count). The van der Waals surface area contributed by atoms with E-state index >= 15 is 0 Å². The van der Waals surface area contributed by atoms with Gasteiger partial charge in [0.25, 0.3) is 0 Å². The summed E-state index contributed by atoms with van der Waals surface area (Å²) in [5, 5.41) is 0. The van der Waals surface area contributed by atoms with Gasteiger partial charge >= 0.3 is 0 Å². The van der Waals surface area contributed by atoms with E-state index in [1.54, 1.807) is 0 Å². The molecule has 0 aromatic rings. The van der Waals surface area contributed by atoms with E-state index in [0.29, 0.717) is 0 Å². The second-order valence-electron chi connectivity index (χ2n) is 1.99. The SMILES string of the molecule is CC=C(C)S.CCC(C)=S. The molecule has 0 saturated heterocycles. The van der Waals surface area contributed by atoms with Crippen LogP contribution in [0.15, 0.2) is 11.0 Å². The van der Waals surface area contributed by atoms with Gasteiger partial charge in [-0.05, 0) is 37.0 Å². The van der Waals surface area contributed by atoms with E-state index in [1.807, 2.05) is 26.8 Å². The molecular formula is C8H16S2. The molecule has 0 radical (unpaired) electrons. The van der Waals surface area contributed by atoms with Crippen LogP contribution >= 0.6 is 24.8 Å². The van der Waals surface area contributed by atoms with Crippen molar-refractivity contribution in [1.82, 2.24) is 0 Å². The summed E-state index contributed by atoms with van der Waals surface area (Å²) in [5.74, 6) is 0. The first-order chi connectivity index (χ1) is 4.54. The largest absolute Gasteiger partial charge is 0.149 e. The molecule has 0 amide bonds. The number of hydrogen-bond acceptors (Lipinski definition) is 2. The smallest absolute Gasteiger partial charge is 0.0105 e. The molecule has 0 unspecified atom stereocenters. The van der Waals surface area contributed by atoms with Gasteiger partial charge in [0, 0.05) is 0 Å². The first-order valence-electron chi connectivity index (χ1n) is 3.35. The average molecular weight is 176 g/mol. The second kappa shape index (κ2) is 9.18. The topological polar surface area (TPSA) is 0 Å². The third-order valence-corrected chi connectivity index (χ3v) is 1.46. The molecule has 0 saturated carbocycles. The Kier molecular flexibility index (Phi) is 11.8. The maximum absolute atomic E-state index is 4.70. The van der Waals surface area contributed by atoms with Gasteiger partial charge in [-0.3, -0.25) is 0 Å². The minimum atomic E-state index is 1.04. The predicted molar refractivity (Wildman–Crippen MR) is 57.0 cm³/mol. The molecule has 2 heteroatoms. The number of thiol groups is 1. The van der Waals surface area contributed by atoms with Crippen molar-refractivity contribution in [2.45, 2.75) is 34.1 Å². The molecule has 0 nitrogen and oxygen atoms in total. The summed E-state index contributed by atoms with van der Waals surface area (Å²) in [6.07, 6.45) is 2.98. The summed E-state index contributed by atoms with van der Waals surface area (Å²) < 4.78 is 0. The predicted octanol–water partition coefficient (Wildman–Crippen LogP) is 3.63. The molecule has 0 aliphatic carbocycles. The molecule has 0 N–H and O–H groups in total. The Labute approximate surface area is 75.1 Å². The van der Waals surface area contributed by atoms with Crippen molar-refractivity contribution in [2.24, 2.45) is 0 Å². The Morgan fingerprint density at radius 1 is 1.50 bits per heavy atom. The van der Waals surface area contributed by atoms with Gasteiger partial charge in [-0.2, -0.15) is 0 Å². The molecule has 60 valence electrons. The lowest BCUT2D eigenvalue weighted by molar-refractivity contribution is 1.31. The van der Waals surface area contributed by atoms with Gasteiger partial charge in [0.2, 0.25) is 0 Å². The highest BCUT2D eigenvalue weighted by Crippen LogP contribution is 1.92. The highest BCUT2D eigenvalue weighted by atomic mass is 32.1. The standard InChI is InChI=1S/2C4H8S/c2*1-3-4(2)5/h3H2,1-2H3;3,5H,1-2H3. The van der Waals surface area contributed by atoms with Crippen molar-refractivity contribution in [3.63, 3.8) is 0 Å². The van der Waals surface area contributed by atoms with Gasteiger partial charge in [0.05, 0.1) is 0 Å². The van der Waals surface area contributed by atoms with Gasteiger partial charge in [-0.15, -0.1) is 12.6 Å². The zero-order valence-electron chi connectivity index (χ0n) is 7.14. The Balaban J connectivity index is 0. The van der Waals surface area contributed by atoms with Crippen molar-refractivity contribution in [3.05, 3.63) is 11.0 Å². The average Bonchev–Trinajstić information content (AvgIpc) is 1.89. The van der Waals surface area contributed by atoms with E-state index in [1.165, 1.54) is 0 Å². The Morgan fingerprint density at radius 3 is 1.70 bits per heavy atom. The lowest BCUT2D eigenvalue weighted by Gasteiger charge is -1.76. The minimum absolute atomic E-state index is 1.04. The van der Waals surface area contributed by atoms with Gasteiger partial charge in [0.15, 0.2) is 0 Å². The van der Waals surface area contributed by atoms with E-state index in [4.69, 9.17) is 12.2 Å². The van der Waals surface area contributed by atoms with Crippen LogP contribution in [0.1, 0.15) is 34.1 Å². The summed E-state index contributed by atoms with van der Waals surface area (Å²) in [5.41, 5.74) is 0. The van der Waals surface area contributed by atoms with Crippen LogP contribution in [-0.2, 0) is 0 Å². The van der Waals surface area contributed by atoms with Crippen LogP contribution in [0.5, 0.6) is 0 Å². The molecule has 0 aromatic heterocycles. The number of thiocarbonyl (C=S) groups is 1. The minimum Gasteiger partial charge on any atom is -0.149 e. The number of hydrogen-bond donors (Lipinski definition) is 1. The lowest BCUT2D eigenvalue weighted by atomic mass is 10.4. The number of rotatable bonds is 1. The quantitative estimate of drug-likeness (QED) is 0.470. The molecule has 0 bridgehead atoms. The number of allylic oxidation sites excluding steroid dienone is 2. The molecule has 0 spiro atoms. The maximum Gasteiger partial charge on any atom is -0.0105 e. The molecule has 10 heavy (non-hydrogen) atoms. The van der Waals surface area contributed by atoms with E-state index < -0.39 is 0 Å². The van der Waals surface area contributed by atoms with E-state index in [2.05, 4.69) is 19.6 Å². The summed E-state index contributed by atoms with van der Waals surface area (Å²) >= 11 is 8.66. The van der Waals surface area contributed by atoms with E-state index in [-0.39, 0.29) is 0 Å². The van der Waals surface area contributed by atoms with Crippen LogP contribution in [0.4, 0.5) is 0 Å². The molecule has 0 atom stereocenters. The van der Waals surface area contributed by atoms with Gasteiger partial charge in [-0.25, -0.2) is 0 Å². The fourth-order valence-electron chi connectivity index (χ4n) is 0. The van der Waals surface area contributed by atoms with Crippen molar-refractivity contribution >= 4 is 29.7 Å². The van der Waals surface area contributed by atoms with Crippen LogP contribution in [-0.4, -0.2) is 4.86 Å². The zero-order chi connectivity index (χ0) is 8.57. The molecular weight excluding hydrogens is 160 g/mol. The Morgan fingerprint density at radius 2 is 1.70 bits per heavy atom. The Hall–Kier alpha value is 0.180. The summed E-state index contributed by atoms with van der Waals surface area (Å²) in [6, 6.07) is 0. The first kappa shape index (κ1) is 12.8. The first-order valence-corrected chi connectivity index (χ1v) is 4.21. The van der Waals surface area contributed by atoms with Gasteiger partial charge in [-0.1, -0.05) is 25.2 Å². The van der Waals surface area contributed by atoms with E-state index in [9.17, 15) is 0 Å². The summed E-state index contributed by atoms with van der Waals surface area (Å²) in [7, 11) is 0. The van der Waals surface area contributed by atoms with Crippen molar-refractivity contribution in [2.75, 3.05) is 0 Å². The second-order valence-corrected chi connectivity index (χ2v) is 3.39. The molecule has 0 aliphatic heterocycles. The molecule has 0 aromatic carbocycles. The zero-order valence-corrected chi connectivity index (χ0v) is 8.85.